The second-order valence-corrected chi connectivity index (χ2v) is 3.40. The van der Waals surface area contributed by atoms with Crippen LogP contribution in [-0.4, -0.2) is 47.4 Å². The highest BCUT2D eigenvalue weighted by atomic mass is 16.6. The fourth-order valence-corrected chi connectivity index (χ4v) is 1.60. The van der Waals surface area contributed by atoms with Gasteiger partial charge in [-0.2, -0.15) is 0 Å². The molecule has 82 valence electrons. The number of hydrogen-bond acceptors (Lipinski definition) is 6. The highest BCUT2D eigenvalue weighted by Crippen LogP contribution is 2.16. The van der Waals surface area contributed by atoms with Crippen molar-refractivity contribution < 1.29 is 14.2 Å². The van der Waals surface area contributed by atoms with Gasteiger partial charge in [0.25, 0.3) is 5.91 Å². The lowest BCUT2D eigenvalue weighted by molar-refractivity contribution is 0.0715. The van der Waals surface area contributed by atoms with Crippen molar-refractivity contribution in [1.29, 1.82) is 0 Å². The van der Waals surface area contributed by atoms with Gasteiger partial charge in [0, 0.05) is 20.2 Å². The fourth-order valence-electron chi connectivity index (χ4n) is 1.60. The summed E-state index contributed by atoms with van der Waals surface area (Å²) < 4.78 is 9.53. The summed E-state index contributed by atoms with van der Waals surface area (Å²) >= 11 is 0. The molecule has 1 atom stereocenters. The van der Waals surface area contributed by atoms with Gasteiger partial charge in [-0.1, -0.05) is 0 Å². The first-order valence-corrected chi connectivity index (χ1v) is 4.62. The van der Waals surface area contributed by atoms with Crippen LogP contribution in [0.2, 0.25) is 0 Å². The van der Waals surface area contributed by atoms with Crippen molar-refractivity contribution in [2.45, 2.75) is 12.5 Å². The van der Waals surface area contributed by atoms with Gasteiger partial charge >= 0.3 is 0 Å². The number of methoxy groups -OCH3 is 1. The molecule has 2 heterocycles. The summed E-state index contributed by atoms with van der Waals surface area (Å²) in [7, 11) is 1.63. The molecule has 1 aliphatic heterocycles. The summed E-state index contributed by atoms with van der Waals surface area (Å²) in [6.07, 6.45) is 0.919. The zero-order valence-electron chi connectivity index (χ0n) is 8.34. The van der Waals surface area contributed by atoms with Crippen molar-refractivity contribution in [2.24, 2.45) is 0 Å². The highest BCUT2D eigenvalue weighted by molar-refractivity contribution is 5.96. The maximum absolute atomic E-state index is 11.8. The quantitative estimate of drug-likeness (QED) is 0.711. The number of hydrogen-bond donors (Lipinski definition) is 1. The lowest BCUT2D eigenvalue weighted by atomic mass is 10.3. The van der Waals surface area contributed by atoms with Gasteiger partial charge in [-0.15, -0.1) is 0 Å². The molecule has 1 fully saturated rings. The van der Waals surface area contributed by atoms with Gasteiger partial charge in [0.15, 0.2) is 0 Å². The number of ether oxygens (including phenoxy) is 1. The summed E-state index contributed by atoms with van der Waals surface area (Å²) in [6.45, 7) is 1.20. The molecule has 1 amide bonds. The number of aromatic nitrogens is 2. The van der Waals surface area contributed by atoms with E-state index in [-0.39, 0.29) is 23.5 Å². The van der Waals surface area contributed by atoms with Crippen LogP contribution in [0, 0.1) is 0 Å². The number of amides is 1. The standard InChI is InChI=1S/C8H12N4O3/c1-14-5-2-3-12(4-5)8(13)6-7(9)11-15-10-6/h5H,2-4H2,1H3,(H2,9,11). The molecule has 1 unspecified atom stereocenters. The van der Waals surface area contributed by atoms with Crippen LogP contribution < -0.4 is 5.73 Å². The second-order valence-electron chi connectivity index (χ2n) is 3.40. The molecule has 7 heteroatoms. The van der Waals surface area contributed by atoms with Crippen molar-refractivity contribution in [2.75, 3.05) is 25.9 Å². The van der Waals surface area contributed by atoms with Crippen molar-refractivity contribution in [1.82, 2.24) is 15.2 Å². The number of nitrogen functional groups attached to an aromatic ring is 1. The Balaban J connectivity index is 2.07. The zero-order valence-corrected chi connectivity index (χ0v) is 8.34. The van der Waals surface area contributed by atoms with E-state index < -0.39 is 0 Å². The molecule has 1 aromatic heterocycles. The number of nitrogens with zero attached hydrogens (tertiary/aromatic N) is 3. The monoisotopic (exact) mass is 212 g/mol. The van der Waals surface area contributed by atoms with E-state index in [2.05, 4.69) is 14.9 Å². The van der Waals surface area contributed by atoms with E-state index in [1.807, 2.05) is 0 Å². The van der Waals surface area contributed by atoms with Crippen molar-refractivity contribution in [3.63, 3.8) is 0 Å². The maximum Gasteiger partial charge on any atom is 0.280 e. The Hall–Kier alpha value is -1.63. The first-order valence-electron chi connectivity index (χ1n) is 4.62. The third kappa shape index (κ3) is 1.78. The van der Waals surface area contributed by atoms with Gasteiger partial charge in [-0.3, -0.25) is 4.79 Å². The van der Waals surface area contributed by atoms with Crippen molar-refractivity contribution in [3.8, 4) is 0 Å². The molecule has 1 saturated heterocycles. The Morgan fingerprint density at radius 1 is 1.67 bits per heavy atom. The molecule has 0 aliphatic carbocycles. The summed E-state index contributed by atoms with van der Waals surface area (Å²) in [5.41, 5.74) is 5.51. The Kier molecular flexibility index (Phi) is 2.55. The van der Waals surface area contributed by atoms with Crippen molar-refractivity contribution in [3.05, 3.63) is 5.69 Å². The van der Waals surface area contributed by atoms with Crippen LogP contribution in [-0.2, 0) is 4.74 Å². The molecule has 1 aliphatic rings. The average Bonchev–Trinajstić information content (AvgIpc) is 2.84. The Morgan fingerprint density at radius 3 is 3.00 bits per heavy atom. The van der Waals surface area contributed by atoms with Crippen LogP contribution in [0.4, 0.5) is 5.82 Å². The topological polar surface area (TPSA) is 94.5 Å². The average molecular weight is 212 g/mol. The van der Waals surface area contributed by atoms with E-state index >= 15 is 0 Å². The molecular formula is C8H12N4O3. The predicted octanol–water partition coefficient (Wildman–Crippen LogP) is -0.487. The molecule has 15 heavy (non-hydrogen) atoms. The number of anilines is 1. The van der Waals surface area contributed by atoms with E-state index in [0.717, 1.165) is 6.42 Å². The minimum atomic E-state index is -0.256. The molecule has 0 aromatic carbocycles. The normalized spacial score (nSPS) is 20.9. The Morgan fingerprint density at radius 2 is 2.47 bits per heavy atom. The summed E-state index contributed by atoms with van der Waals surface area (Å²) in [5.74, 6) is -0.228. The Bertz CT molecular complexity index is 365. The van der Waals surface area contributed by atoms with E-state index in [0.29, 0.717) is 13.1 Å². The van der Waals surface area contributed by atoms with Crippen LogP contribution in [0.15, 0.2) is 4.63 Å². The van der Waals surface area contributed by atoms with Gasteiger partial charge in [0.1, 0.15) is 0 Å². The molecule has 1 aromatic rings. The van der Waals surface area contributed by atoms with Crippen LogP contribution >= 0.6 is 0 Å². The second kappa shape index (κ2) is 3.85. The molecule has 2 rings (SSSR count). The summed E-state index contributed by atoms with van der Waals surface area (Å²) in [6, 6.07) is 0. The smallest absolute Gasteiger partial charge is 0.280 e. The van der Waals surface area contributed by atoms with Crippen LogP contribution in [0.5, 0.6) is 0 Å². The zero-order chi connectivity index (χ0) is 10.8. The van der Waals surface area contributed by atoms with Gasteiger partial charge < -0.3 is 15.4 Å². The fraction of sp³-hybridized carbons (Fsp3) is 0.625. The van der Waals surface area contributed by atoms with Gasteiger partial charge in [0.05, 0.1) is 6.10 Å². The van der Waals surface area contributed by atoms with E-state index in [1.165, 1.54) is 0 Å². The van der Waals surface area contributed by atoms with Gasteiger partial charge in [-0.05, 0) is 16.7 Å². The van der Waals surface area contributed by atoms with Gasteiger partial charge in [0.2, 0.25) is 11.5 Å². The van der Waals surface area contributed by atoms with Crippen LogP contribution in [0.1, 0.15) is 16.9 Å². The molecule has 0 saturated carbocycles. The third-order valence-corrected chi connectivity index (χ3v) is 2.48. The molecule has 7 nitrogen and oxygen atoms in total. The summed E-state index contributed by atoms with van der Waals surface area (Å²) in [5, 5.41) is 6.83. The number of nitrogens with two attached hydrogens (primary N) is 1. The largest absolute Gasteiger partial charge is 0.380 e. The summed E-state index contributed by atoms with van der Waals surface area (Å²) in [4.78, 5) is 13.4. The van der Waals surface area contributed by atoms with Crippen LogP contribution in [0.3, 0.4) is 0 Å². The van der Waals surface area contributed by atoms with E-state index in [9.17, 15) is 4.79 Å². The first-order chi connectivity index (χ1) is 7.22. The van der Waals surface area contributed by atoms with Crippen LogP contribution in [0.25, 0.3) is 0 Å². The van der Waals surface area contributed by atoms with Gasteiger partial charge in [-0.25, -0.2) is 4.63 Å². The molecule has 0 spiro atoms. The SMILES string of the molecule is COC1CCN(C(=O)c2nonc2N)C1. The molecule has 2 N–H and O–H groups in total. The third-order valence-electron chi connectivity index (χ3n) is 2.48. The minimum absolute atomic E-state index is 0.0286. The van der Waals surface area contributed by atoms with E-state index in [4.69, 9.17) is 10.5 Å². The maximum atomic E-state index is 11.8. The van der Waals surface area contributed by atoms with Crippen molar-refractivity contribution >= 4 is 11.7 Å². The lowest BCUT2D eigenvalue weighted by Gasteiger charge is -2.13. The van der Waals surface area contributed by atoms with E-state index in [1.54, 1.807) is 12.0 Å². The number of carbonyl (C=O) groups is 1. The molecular weight excluding hydrogens is 200 g/mol. The number of likely N-dealkylation sites (tertiary alicyclic amines) is 1. The number of rotatable bonds is 2. The highest BCUT2D eigenvalue weighted by Gasteiger charge is 2.29. The lowest BCUT2D eigenvalue weighted by Crippen LogP contribution is -2.30. The Labute approximate surface area is 86.1 Å². The predicted molar refractivity (Wildman–Crippen MR) is 50.0 cm³/mol. The first kappa shape index (κ1) is 9.91. The molecule has 0 radical (unpaired) electrons. The minimum Gasteiger partial charge on any atom is -0.380 e. The molecule has 0 bridgehead atoms. The number of carbonyl (C=O) groups excluding carboxylic acids is 1.